The molecule has 0 aliphatic heterocycles. The van der Waals surface area contributed by atoms with Crippen LogP contribution < -0.4 is 0 Å². The van der Waals surface area contributed by atoms with E-state index in [-0.39, 0.29) is 0 Å². The van der Waals surface area contributed by atoms with Gasteiger partial charge in [0.1, 0.15) is 0 Å². The number of imidazole rings is 2. The second-order valence-corrected chi connectivity index (χ2v) is 13.0. The molecule has 0 fully saturated rings. The lowest BCUT2D eigenvalue weighted by Crippen LogP contribution is -2.07. The number of benzene rings is 6. The van der Waals surface area contributed by atoms with Gasteiger partial charge in [0.2, 0.25) is 11.7 Å². The van der Waals surface area contributed by atoms with Crippen molar-refractivity contribution in [2.45, 2.75) is 0 Å². The van der Waals surface area contributed by atoms with Gasteiger partial charge in [-0.05, 0) is 48.0 Å². The Bertz CT molecular complexity index is 3100. The second-order valence-electron chi connectivity index (χ2n) is 13.0. The maximum Gasteiger partial charge on any atom is 0.241 e. The monoisotopic (exact) mass is 680 g/mol. The topological polar surface area (TPSA) is 78.7 Å². The summed E-state index contributed by atoms with van der Waals surface area (Å²) in [7, 11) is 0. The largest absolute Gasteiger partial charge is 0.309 e. The number of rotatable bonds is 5. The molecule has 0 aliphatic carbocycles. The summed E-state index contributed by atoms with van der Waals surface area (Å²) in [6, 6.07) is 54.0. The number of aromatic nitrogens is 8. The van der Waals surface area contributed by atoms with Crippen LogP contribution in [0.3, 0.4) is 0 Å². The van der Waals surface area contributed by atoms with E-state index in [1.165, 1.54) is 0 Å². The number of hydrogen-bond donors (Lipinski definition) is 0. The van der Waals surface area contributed by atoms with Gasteiger partial charge in [0.15, 0.2) is 11.6 Å². The van der Waals surface area contributed by atoms with Crippen molar-refractivity contribution < 1.29 is 0 Å². The van der Waals surface area contributed by atoms with Gasteiger partial charge in [0, 0.05) is 45.5 Å². The molecule has 8 heteroatoms. The van der Waals surface area contributed by atoms with Gasteiger partial charge in [-0.25, -0.2) is 14.5 Å². The molecule has 53 heavy (non-hydrogen) atoms. The Hall–Kier alpha value is -7.45. The van der Waals surface area contributed by atoms with Crippen molar-refractivity contribution in [3.63, 3.8) is 0 Å². The third kappa shape index (κ3) is 4.46. The molecule has 0 aliphatic rings. The van der Waals surface area contributed by atoms with Crippen LogP contribution in [0.15, 0.2) is 170 Å². The van der Waals surface area contributed by atoms with E-state index in [9.17, 15) is 0 Å². The maximum atomic E-state index is 5.24. The summed E-state index contributed by atoms with van der Waals surface area (Å²) < 4.78 is 6.65. The van der Waals surface area contributed by atoms with Crippen LogP contribution in [0.2, 0.25) is 0 Å². The lowest BCUT2D eigenvalue weighted by Gasteiger charge is -2.11. The lowest BCUT2D eigenvalue weighted by molar-refractivity contribution is 0.937. The van der Waals surface area contributed by atoms with Gasteiger partial charge in [-0.3, -0.25) is 9.38 Å². The average Bonchev–Trinajstić information content (AvgIpc) is 3.88. The van der Waals surface area contributed by atoms with Crippen LogP contribution in [0.1, 0.15) is 0 Å². The molecule has 0 unspecified atom stereocenters. The van der Waals surface area contributed by atoms with Crippen LogP contribution >= 0.6 is 0 Å². The fourth-order valence-electron chi connectivity index (χ4n) is 7.74. The van der Waals surface area contributed by atoms with Gasteiger partial charge in [0.05, 0.1) is 33.1 Å². The molecule has 0 N–H and O–H groups in total. The Kier molecular flexibility index (Phi) is 6.38. The fourth-order valence-corrected chi connectivity index (χ4v) is 7.74. The molecule has 0 bridgehead atoms. The summed E-state index contributed by atoms with van der Waals surface area (Å²) in [5.74, 6) is 2.40. The Morgan fingerprint density at radius 3 is 1.79 bits per heavy atom. The molecular formula is C45H28N8. The number of hydrogen-bond acceptors (Lipinski definition) is 5. The Morgan fingerprint density at radius 2 is 1.06 bits per heavy atom. The normalized spacial score (nSPS) is 11.8. The van der Waals surface area contributed by atoms with Gasteiger partial charge in [-0.2, -0.15) is 9.97 Å². The summed E-state index contributed by atoms with van der Waals surface area (Å²) >= 11 is 0. The molecule has 8 nitrogen and oxygen atoms in total. The van der Waals surface area contributed by atoms with Crippen molar-refractivity contribution >= 4 is 49.7 Å². The summed E-state index contributed by atoms with van der Waals surface area (Å²) in [5.41, 5.74) is 11.1. The average molecular weight is 681 g/mol. The zero-order valence-electron chi connectivity index (χ0n) is 28.2. The molecule has 11 aromatic rings. The number of nitrogens with zero attached hydrogens (tertiary/aromatic N) is 8. The third-order valence-corrected chi connectivity index (χ3v) is 10.0. The van der Waals surface area contributed by atoms with E-state index in [0.717, 1.165) is 77.6 Å². The van der Waals surface area contributed by atoms with E-state index in [4.69, 9.17) is 19.9 Å². The standard InChI is InChI=1S/C45H28N8/c1-4-14-29(15-5-1)42-48-43(30-16-6-2-7-17-30)50-44(49-42)53-39-25-13-21-33(41(39)52-37-23-11-10-22-35(37)47-45(52)53)32-20-12-24-38-40(32)34-28-46-27-26-36(34)51(38)31-18-8-3-9-19-31/h1-28H. The minimum absolute atomic E-state index is 0.494. The van der Waals surface area contributed by atoms with E-state index in [0.29, 0.717) is 17.6 Å². The highest BCUT2D eigenvalue weighted by Crippen LogP contribution is 2.42. The molecule has 5 heterocycles. The third-order valence-electron chi connectivity index (χ3n) is 10.0. The first-order chi connectivity index (χ1) is 26.3. The number of fused-ring (bicyclic) bond motifs is 8. The number of pyridine rings is 1. The van der Waals surface area contributed by atoms with Gasteiger partial charge >= 0.3 is 0 Å². The molecule has 0 saturated heterocycles. The van der Waals surface area contributed by atoms with Crippen LogP contribution in [-0.4, -0.2) is 38.5 Å². The van der Waals surface area contributed by atoms with Gasteiger partial charge < -0.3 is 4.57 Å². The summed E-state index contributed by atoms with van der Waals surface area (Å²) in [6.45, 7) is 0. The van der Waals surface area contributed by atoms with Crippen LogP contribution in [-0.2, 0) is 0 Å². The van der Waals surface area contributed by atoms with E-state index in [1.54, 1.807) is 0 Å². The SMILES string of the molecule is c1ccc(-c2nc(-c3ccccc3)nc(-n3c4cccc(-c5cccc6c5c5cnccc5n6-c5ccccc5)c4n4c5ccccc5nc34)n2)cc1. The van der Waals surface area contributed by atoms with Gasteiger partial charge in [-0.1, -0.05) is 115 Å². The highest BCUT2D eigenvalue weighted by Gasteiger charge is 2.25. The molecule has 0 saturated carbocycles. The van der Waals surface area contributed by atoms with E-state index >= 15 is 0 Å². The van der Waals surface area contributed by atoms with Crippen molar-refractivity contribution in [1.82, 2.24) is 38.5 Å². The molecule has 0 spiro atoms. The van der Waals surface area contributed by atoms with Crippen LogP contribution in [0, 0.1) is 0 Å². The van der Waals surface area contributed by atoms with Crippen molar-refractivity contribution in [2.24, 2.45) is 0 Å². The zero-order chi connectivity index (χ0) is 34.9. The van der Waals surface area contributed by atoms with E-state index in [1.807, 2.05) is 79.1 Å². The van der Waals surface area contributed by atoms with Crippen LogP contribution in [0.5, 0.6) is 0 Å². The minimum Gasteiger partial charge on any atom is -0.309 e. The maximum absolute atomic E-state index is 5.24. The number of para-hydroxylation sites is 4. The molecule has 0 atom stereocenters. The first kappa shape index (κ1) is 29.3. The van der Waals surface area contributed by atoms with E-state index < -0.39 is 0 Å². The molecular weight excluding hydrogens is 653 g/mol. The highest BCUT2D eigenvalue weighted by molar-refractivity contribution is 6.17. The second kappa shape index (κ2) is 11.5. The molecule has 0 amide bonds. The molecule has 6 aromatic carbocycles. The summed E-state index contributed by atoms with van der Waals surface area (Å²) in [6.07, 6.45) is 3.85. The Morgan fingerprint density at radius 1 is 0.434 bits per heavy atom. The Balaban J connectivity index is 1.26. The van der Waals surface area contributed by atoms with Crippen LogP contribution in [0.25, 0.3) is 95.2 Å². The van der Waals surface area contributed by atoms with Crippen molar-refractivity contribution in [3.05, 3.63) is 170 Å². The van der Waals surface area contributed by atoms with Crippen molar-refractivity contribution in [3.8, 4) is 45.5 Å². The predicted octanol–water partition coefficient (Wildman–Crippen LogP) is 10.1. The first-order valence-electron chi connectivity index (χ1n) is 17.5. The molecule has 0 radical (unpaired) electrons. The van der Waals surface area contributed by atoms with Crippen molar-refractivity contribution in [2.75, 3.05) is 0 Å². The van der Waals surface area contributed by atoms with Gasteiger partial charge in [0.25, 0.3) is 0 Å². The predicted molar refractivity (Wildman–Crippen MR) is 211 cm³/mol. The first-order valence-corrected chi connectivity index (χ1v) is 17.5. The summed E-state index contributed by atoms with van der Waals surface area (Å²) in [5, 5.41) is 2.22. The van der Waals surface area contributed by atoms with Crippen LogP contribution in [0.4, 0.5) is 0 Å². The molecule has 248 valence electrons. The highest BCUT2D eigenvalue weighted by atomic mass is 15.3. The zero-order valence-corrected chi connectivity index (χ0v) is 28.2. The Labute approximate surface area is 302 Å². The fraction of sp³-hybridized carbons (Fsp3) is 0. The minimum atomic E-state index is 0.494. The van der Waals surface area contributed by atoms with Crippen molar-refractivity contribution in [1.29, 1.82) is 0 Å². The molecule has 5 aromatic heterocycles. The summed E-state index contributed by atoms with van der Waals surface area (Å²) in [4.78, 5) is 25.1. The van der Waals surface area contributed by atoms with E-state index in [2.05, 4.69) is 110 Å². The van der Waals surface area contributed by atoms with Gasteiger partial charge in [-0.15, -0.1) is 0 Å². The molecule has 11 rings (SSSR count). The quantitative estimate of drug-likeness (QED) is 0.181. The lowest BCUT2D eigenvalue weighted by atomic mass is 9.98. The smallest absolute Gasteiger partial charge is 0.241 e.